The van der Waals surface area contributed by atoms with Crippen molar-refractivity contribution in [3.8, 4) is 0 Å². The van der Waals surface area contributed by atoms with E-state index in [2.05, 4.69) is 40.3 Å². The molecule has 6 N–H and O–H groups in total. The van der Waals surface area contributed by atoms with Crippen molar-refractivity contribution in [3.05, 3.63) is 130 Å². The standard InChI is InChI=1S/2C21H18F3N5O2S/c2*1-20(23,24)17-14-9-32-19(25)29-21(14,10-31-17)13-7-11(3-5-15(13)22)28-18(30)16-6-4-12(26-2)8-27-16/h2*3-8,14,17H,9-10H2,1H3,(H2,25,29)(H,28,30). The number of benzene rings is 2. The van der Waals surface area contributed by atoms with Crippen LogP contribution in [0.1, 0.15) is 46.0 Å². The number of rotatable bonds is 8. The molecule has 8 rings (SSSR count). The first-order valence-electron chi connectivity index (χ1n) is 19.1. The maximum absolute atomic E-state index is 15.0. The lowest BCUT2D eigenvalue weighted by Gasteiger charge is -2.37. The Balaban J connectivity index is 0.000000191. The van der Waals surface area contributed by atoms with Gasteiger partial charge in [-0.3, -0.25) is 19.6 Å². The number of amidine groups is 2. The Morgan fingerprint density at radius 1 is 0.703 bits per heavy atom. The summed E-state index contributed by atoms with van der Waals surface area (Å²) >= 11 is 2.24. The van der Waals surface area contributed by atoms with Gasteiger partial charge in [-0.05, 0) is 48.5 Å². The third kappa shape index (κ3) is 9.09. The molecule has 4 aromatic rings. The number of amides is 2. The fourth-order valence-corrected chi connectivity index (χ4v) is 10.0. The average molecular weight is 923 g/mol. The number of hydrogen-bond acceptors (Lipinski definition) is 12. The van der Waals surface area contributed by atoms with E-state index in [-0.39, 0.29) is 80.3 Å². The van der Waals surface area contributed by atoms with Crippen LogP contribution in [0.3, 0.4) is 0 Å². The van der Waals surface area contributed by atoms with Crippen LogP contribution in [-0.4, -0.2) is 80.9 Å². The van der Waals surface area contributed by atoms with Crippen LogP contribution in [0.5, 0.6) is 0 Å². The molecule has 2 amide bonds. The first kappa shape index (κ1) is 45.8. The predicted molar refractivity (Wildman–Crippen MR) is 229 cm³/mol. The van der Waals surface area contributed by atoms with Crippen LogP contribution in [0.25, 0.3) is 9.69 Å². The molecule has 2 aromatic carbocycles. The summed E-state index contributed by atoms with van der Waals surface area (Å²) in [4.78, 5) is 48.1. The lowest BCUT2D eigenvalue weighted by Crippen LogP contribution is -2.46. The molecule has 4 aliphatic rings. The van der Waals surface area contributed by atoms with Crippen LogP contribution < -0.4 is 22.1 Å². The van der Waals surface area contributed by atoms with E-state index in [9.17, 15) is 35.9 Å². The molecule has 0 bridgehead atoms. The summed E-state index contributed by atoms with van der Waals surface area (Å²) in [7, 11) is 0. The summed E-state index contributed by atoms with van der Waals surface area (Å²) in [6.45, 7) is 14.9. The van der Waals surface area contributed by atoms with Gasteiger partial charge in [0, 0.05) is 72.1 Å². The summed E-state index contributed by atoms with van der Waals surface area (Å²) in [6, 6.07) is 13.4. The van der Waals surface area contributed by atoms with E-state index >= 15 is 0 Å². The summed E-state index contributed by atoms with van der Waals surface area (Å²) < 4.78 is 97.5. The molecule has 0 aliphatic carbocycles. The van der Waals surface area contributed by atoms with Crippen molar-refractivity contribution in [3.63, 3.8) is 0 Å². The summed E-state index contributed by atoms with van der Waals surface area (Å²) in [5.74, 6) is -10.0. The van der Waals surface area contributed by atoms with Crippen LogP contribution in [0.2, 0.25) is 0 Å². The zero-order valence-electron chi connectivity index (χ0n) is 33.6. The van der Waals surface area contributed by atoms with Gasteiger partial charge < -0.3 is 31.6 Å². The number of alkyl halides is 4. The quantitative estimate of drug-likeness (QED) is 0.1000. The number of pyridine rings is 2. The maximum Gasteiger partial charge on any atom is 0.274 e. The number of anilines is 2. The van der Waals surface area contributed by atoms with Crippen molar-refractivity contribution in [1.29, 1.82) is 0 Å². The molecular formula is C42H36F6N10O4S2. The normalized spacial score (nSPS) is 24.9. The third-order valence-electron chi connectivity index (χ3n) is 11.0. The van der Waals surface area contributed by atoms with E-state index < -0.39 is 70.4 Å². The molecule has 2 fully saturated rings. The maximum atomic E-state index is 15.0. The van der Waals surface area contributed by atoms with Gasteiger partial charge >= 0.3 is 0 Å². The van der Waals surface area contributed by atoms with Crippen molar-refractivity contribution < 1.29 is 45.4 Å². The first-order chi connectivity index (χ1) is 30.3. The number of thioether (sulfide) groups is 2. The number of ether oxygens (including phenoxy) is 2. The number of nitrogens with two attached hydrogens (primary N) is 2. The van der Waals surface area contributed by atoms with Crippen LogP contribution in [-0.2, 0) is 20.6 Å². The highest BCUT2D eigenvalue weighted by Gasteiger charge is 2.61. The van der Waals surface area contributed by atoms with Crippen molar-refractivity contribution in [2.45, 2.75) is 49.0 Å². The van der Waals surface area contributed by atoms with Crippen LogP contribution in [0.4, 0.5) is 49.1 Å². The zero-order valence-corrected chi connectivity index (χ0v) is 35.3. The number of nitrogens with zero attached hydrogens (tertiary/aromatic N) is 6. The van der Waals surface area contributed by atoms with Gasteiger partial charge in [0.1, 0.15) is 46.3 Å². The second-order valence-electron chi connectivity index (χ2n) is 15.3. The molecule has 0 saturated carbocycles. The van der Waals surface area contributed by atoms with Crippen LogP contribution in [0.15, 0.2) is 83.0 Å². The number of fused-ring (bicyclic) bond motifs is 2. The van der Waals surface area contributed by atoms with Gasteiger partial charge in [-0.25, -0.2) is 46.0 Å². The molecule has 14 nitrogen and oxygen atoms in total. The second kappa shape index (κ2) is 17.8. The SMILES string of the molecule is [C-]#[N+]c1ccc(C(=O)Nc2ccc(F)c(C34COC(C(C)(F)F)C3CSC(N)=N4)c2)nc1.[C-]#[N+]c1ccc(C(=O)Nc2ccc(F)c(C34COC(C(C)(F)F)C3CSC(N)=N4)c2)nc1. The van der Waals surface area contributed by atoms with E-state index in [4.69, 9.17) is 34.1 Å². The highest BCUT2D eigenvalue weighted by Crippen LogP contribution is 2.53. The molecule has 64 heavy (non-hydrogen) atoms. The predicted octanol–water partition coefficient (Wildman–Crippen LogP) is 7.90. The molecule has 6 heterocycles. The van der Waals surface area contributed by atoms with E-state index in [0.29, 0.717) is 0 Å². The van der Waals surface area contributed by atoms with E-state index in [1.165, 1.54) is 60.9 Å². The number of nitrogens with one attached hydrogen (secondary N) is 2. The van der Waals surface area contributed by atoms with Crippen molar-refractivity contribution in [2.75, 3.05) is 35.4 Å². The van der Waals surface area contributed by atoms with Gasteiger partial charge in [0.2, 0.25) is 11.4 Å². The molecule has 2 aromatic heterocycles. The highest BCUT2D eigenvalue weighted by molar-refractivity contribution is 8.14. The molecule has 332 valence electrons. The Hall–Kier alpha value is -6.20. The molecule has 22 heteroatoms. The van der Waals surface area contributed by atoms with E-state index in [1.54, 1.807) is 0 Å². The molecule has 2 saturated heterocycles. The summed E-state index contributed by atoms with van der Waals surface area (Å²) in [5.41, 5.74) is 10.1. The fraction of sp³-hybridized carbons (Fsp3) is 0.333. The number of hydrogen-bond donors (Lipinski definition) is 4. The number of halogens is 6. The first-order valence-corrected chi connectivity index (χ1v) is 21.1. The molecule has 0 radical (unpaired) electrons. The second-order valence-corrected chi connectivity index (χ2v) is 17.4. The summed E-state index contributed by atoms with van der Waals surface area (Å²) in [6.07, 6.45) is -0.372. The largest absolute Gasteiger partial charge is 0.379 e. The smallest absolute Gasteiger partial charge is 0.274 e. The van der Waals surface area contributed by atoms with Crippen molar-refractivity contribution >= 4 is 68.4 Å². The van der Waals surface area contributed by atoms with E-state index in [0.717, 1.165) is 49.5 Å². The lowest BCUT2D eigenvalue weighted by atomic mass is 9.77. The third-order valence-corrected chi connectivity index (χ3v) is 12.8. The molecule has 0 spiro atoms. The van der Waals surface area contributed by atoms with Gasteiger partial charge in [0.05, 0.1) is 26.4 Å². The minimum Gasteiger partial charge on any atom is -0.379 e. The Morgan fingerprint density at radius 3 is 1.42 bits per heavy atom. The molecular weight excluding hydrogens is 887 g/mol. The lowest BCUT2D eigenvalue weighted by molar-refractivity contribution is -0.113. The molecule has 6 unspecified atom stereocenters. The monoisotopic (exact) mass is 922 g/mol. The molecule has 6 atom stereocenters. The van der Waals surface area contributed by atoms with Crippen LogP contribution >= 0.6 is 23.5 Å². The average Bonchev–Trinajstić information content (AvgIpc) is 3.85. The highest BCUT2D eigenvalue weighted by atomic mass is 32.2. The Morgan fingerprint density at radius 2 is 1.09 bits per heavy atom. The Bertz CT molecular complexity index is 2440. The van der Waals surface area contributed by atoms with Gasteiger partial charge in [0.15, 0.2) is 10.3 Å². The molecule has 4 aliphatic heterocycles. The van der Waals surface area contributed by atoms with Crippen molar-refractivity contribution in [2.24, 2.45) is 33.3 Å². The minimum atomic E-state index is -3.15. The van der Waals surface area contributed by atoms with Gasteiger partial charge in [-0.2, -0.15) is 0 Å². The zero-order chi connectivity index (χ0) is 46.2. The fourth-order valence-electron chi connectivity index (χ4n) is 7.98. The van der Waals surface area contributed by atoms with Crippen molar-refractivity contribution in [1.82, 2.24) is 9.97 Å². The van der Waals surface area contributed by atoms with Gasteiger partial charge in [0.25, 0.3) is 23.7 Å². The van der Waals surface area contributed by atoms with Crippen LogP contribution in [0, 0.1) is 36.6 Å². The Labute approximate surface area is 370 Å². The van der Waals surface area contributed by atoms with Gasteiger partial charge in [-0.1, -0.05) is 35.7 Å². The summed E-state index contributed by atoms with van der Waals surface area (Å²) in [5, 5.41) is 5.54. The number of carbonyl (C=O) groups excluding carboxylic acids is 2. The van der Waals surface area contributed by atoms with Gasteiger partial charge in [-0.15, -0.1) is 0 Å². The van der Waals surface area contributed by atoms with E-state index in [1.807, 2.05) is 0 Å². The number of aromatic nitrogens is 2. The minimum absolute atomic E-state index is 0.0200. The number of aliphatic imine (C=N–C) groups is 2. The Kier molecular flexibility index (Phi) is 12.7. The number of carbonyl (C=O) groups is 2. The topological polar surface area (TPSA) is 188 Å².